The molecular weight excluding hydrogens is 317 g/mol. The molecule has 0 amide bonds. The quantitative estimate of drug-likeness (QED) is 0.284. The maximum absolute atomic E-state index is 9.53. The van der Waals surface area contributed by atoms with Gasteiger partial charge in [-0.15, -0.1) is 0 Å². The maximum atomic E-state index is 9.53. The van der Waals surface area contributed by atoms with E-state index in [1.807, 2.05) is 0 Å². The van der Waals surface area contributed by atoms with Gasteiger partial charge >= 0.3 is 105 Å². The van der Waals surface area contributed by atoms with Gasteiger partial charge in [0.1, 0.15) is 0 Å². The molecule has 0 radical (unpaired) electrons. The van der Waals surface area contributed by atoms with Crippen LogP contribution in [-0.4, -0.2) is 13.4 Å². The van der Waals surface area contributed by atoms with Crippen LogP contribution in [0.15, 0.2) is 0 Å². The minimum absolute atomic E-state index is 0. The fraction of sp³-hybridized carbons (Fsp3) is 0. The first-order valence-corrected chi connectivity index (χ1v) is 6.18. The van der Waals surface area contributed by atoms with Gasteiger partial charge in [0.05, 0.1) is 5.09 Å². The van der Waals surface area contributed by atoms with Crippen LogP contribution in [0.25, 0.3) is 0 Å². The van der Waals surface area contributed by atoms with E-state index < -0.39 is 32.3 Å². The summed E-state index contributed by atoms with van der Waals surface area (Å²) in [5, 5.41) is 14.8. The SMILES string of the molecule is O=[N+]([O-])[O-].[K+].[O]=[Cr](=[O])([OH])[O][Cr](=[O])(=[O])[OH]. The first-order chi connectivity index (χ1) is 5.44. The van der Waals surface area contributed by atoms with Gasteiger partial charge in [-0.25, -0.2) is 0 Å². The zero-order valence-electron chi connectivity index (χ0n) is 6.42. The Labute approximate surface area is 123 Å². The van der Waals surface area contributed by atoms with Gasteiger partial charge in [0.15, 0.2) is 0 Å². The van der Waals surface area contributed by atoms with Crippen LogP contribution in [0.1, 0.15) is 0 Å². The molecule has 0 atom stereocenters. The third-order valence-electron chi connectivity index (χ3n) is 0.172. The second-order valence-electron chi connectivity index (χ2n) is 1.15. The Morgan fingerprint density at radius 2 is 1.14 bits per heavy atom. The van der Waals surface area contributed by atoms with Gasteiger partial charge in [-0.3, -0.25) is 0 Å². The van der Waals surface area contributed by atoms with Crippen molar-refractivity contribution in [3.63, 3.8) is 0 Å². The Balaban J connectivity index is -0.000000209. The molecule has 0 fully saturated rings. The van der Waals surface area contributed by atoms with Crippen molar-refractivity contribution in [2.75, 3.05) is 0 Å². The van der Waals surface area contributed by atoms with Crippen molar-refractivity contribution in [1.29, 1.82) is 0 Å². The molecule has 0 aliphatic carbocycles. The molecule has 0 unspecified atom stereocenters. The molecule has 0 bridgehead atoms. The second kappa shape index (κ2) is 8.17. The van der Waals surface area contributed by atoms with Gasteiger partial charge in [-0.1, -0.05) is 0 Å². The van der Waals surface area contributed by atoms with Crippen molar-refractivity contribution in [2.45, 2.75) is 0 Å². The Morgan fingerprint density at radius 1 is 1.00 bits per heavy atom. The van der Waals surface area contributed by atoms with Crippen LogP contribution < -0.4 is 51.4 Å². The van der Waals surface area contributed by atoms with Crippen molar-refractivity contribution in [3.05, 3.63) is 15.3 Å². The Bertz CT molecular complexity index is 314. The summed E-state index contributed by atoms with van der Waals surface area (Å²) in [6.07, 6.45) is 0. The predicted octanol–water partition coefficient (Wildman–Crippen LogP) is -4.90. The average molecular weight is 319 g/mol. The summed E-state index contributed by atoms with van der Waals surface area (Å²) in [4.78, 5) is 8.25. The Hall–Kier alpha value is 0.981. The Kier molecular flexibility index (Phi) is 11.9. The number of nitrogens with zero attached hydrogens (tertiary/aromatic N) is 1. The molecule has 80 valence electrons. The third-order valence-corrected chi connectivity index (χ3v) is 2.92. The van der Waals surface area contributed by atoms with E-state index in [1.54, 1.807) is 0 Å². The molecule has 0 saturated carbocycles. The average Bonchev–Trinajstić information content (AvgIpc) is 1.47. The molecule has 0 aromatic heterocycles. The van der Waals surface area contributed by atoms with Gasteiger partial charge in [0.25, 0.3) is 0 Å². The molecule has 14 heteroatoms. The third kappa shape index (κ3) is 38.2. The zero-order chi connectivity index (χ0) is 11.3. The van der Waals surface area contributed by atoms with Crippen molar-refractivity contribution < 1.29 is 110 Å². The predicted molar refractivity (Wildman–Crippen MR) is 18.6 cm³/mol. The van der Waals surface area contributed by atoms with Gasteiger partial charge in [-0.05, 0) is 0 Å². The molecule has 0 heterocycles. The van der Waals surface area contributed by atoms with E-state index in [-0.39, 0.29) is 51.4 Å². The molecule has 14 heavy (non-hydrogen) atoms. The number of hydrogen-bond donors (Lipinski definition) is 2. The van der Waals surface area contributed by atoms with Gasteiger partial charge in [0, 0.05) is 0 Å². The molecule has 0 spiro atoms. The summed E-state index contributed by atoms with van der Waals surface area (Å²) < 4.78 is 56.3. The van der Waals surface area contributed by atoms with E-state index >= 15 is 0 Å². The van der Waals surface area contributed by atoms with E-state index in [4.69, 9.17) is 23.6 Å². The zero-order valence-corrected chi connectivity index (χ0v) is 12.1. The second-order valence-corrected chi connectivity index (χ2v) is 4.91. The fourth-order valence-electron chi connectivity index (χ4n) is 0.109. The summed E-state index contributed by atoms with van der Waals surface area (Å²) in [6.45, 7) is 0. The summed E-state index contributed by atoms with van der Waals surface area (Å²) in [7, 11) is 0. The molecule has 0 aromatic carbocycles. The van der Waals surface area contributed by atoms with Gasteiger partial charge in [0.2, 0.25) is 0 Å². The molecule has 2 N–H and O–H groups in total. The van der Waals surface area contributed by atoms with E-state index in [0.717, 1.165) is 0 Å². The van der Waals surface area contributed by atoms with E-state index in [1.165, 1.54) is 0 Å². The van der Waals surface area contributed by atoms with Crippen LogP contribution in [0.5, 0.6) is 0 Å². The standard InChI is InChI=1S/2Cr.K.NO3.2H2O.5O/c;;;2-1(3)4;;;;;;;/h;;;;2*1H2;;;;;/q3*+1;-1;;;;;;;/p-2. The number of hydrogen-bond acceptors (Lipinski definition) is 8. The summed E-state index contributed by atoms with van der Waals surface area (Å²) in [5.41, 5.74) is 0. The molecule has 0 aliphatic heterocycles. The molecule has 11 nitrogen and oxygen atoms in total. The first-order valence-electron chi connectivity index (χ1n) is 1.91. The molecule has 0 aliphatic rings. The van der Waals surface area contributed by atoms with Gasteiger partial charge in [-0.2, -0.15) is 0 Å². The van der Waals surface area contributed by atoms with Crippen LogP contribution in [0.4, 0.5) is 0 Å². The van der Waals surface area contributed by atoms with Crippen LogP contribution in [0, 0.1) is 15.3 Å². The molecule has 0 aromatic rings. The summed E-state index contributed by atoms with van der Waals surface area (Å²) in [6, 6.07) is 0. The van der Waals surface area contributed by atoms with E-state index in [0.29, 0.717) is 0 Å². The van der Waals surface area contributed by atoms with Crippen molar-refractivity contribution in [2.24, 2.45) is 0 Å². The monoisotopic (exact) mass is 319 g/mol. The first kappa shape index (κ1) is 20.4. The minimum atomic E-state index is -5.76. The van der Waals surface area contributed by atoms with Crippen LogP contribution in [0.3, 0.4) is 0 Å². The van der Waals surface area contributed by atoms with E-state index in [9.17, 15) is 15.2 Å². The van der Waals surface area contributed by atoms with E-state index in [2.05, 4.69) is 2.84 Å². The molecular formula is H2Cr2KNO10. The van der Waals surface area contributed by atoms with Crippen molar-refractivity contribution in [1.82, 2.24) is 0 Å². The molecule has 0 rings (SSSR count). The normalized spacial score (nSPS) is 10.4. The fourth-order valence-corrected chi connectivity index (χ4v) is 1.85. The van der Waals surface area contributed by atoms with Crippen molar-refractivity contribution >= 4 is 0 Å². The van der Waals surface area contributed by atoms with Crippen molar-refractivity contribution in [3.8, 4) is 0 Å². The number of rotatable bonds is 2. The Morgan fingerprint density at radius 3 is 1.14 bits per heavy atom. The van der Waals surface area contributed by atoms with Crippen LogP contribution in [0.2, 0.25) is 0 Å². The van der Waals surface area contributed by atoms with Gasteiger partial charge < -0.3 is 15.3 Å². The summed E-state index contributed by atoms with van der Waals surface area (Å²) in [5.74, 6) is 0. The summed E-state index contributed by atoms with van der Waals surface area (Å²) >= 11 is -11.5. The van der Waals surface area contributed by atoms with Crippen LogP contribution >= 0.6 is 0 Å². The van der Waals surface area contributed by atoms with Crippen LogP contribution in [-0.2, 0) is 45.3 Å². The topological polar surface area (TPSA) is 184 Å². The molecule has 0 saturated heterocycles.